The van der Waals surface area contributed by atoms with Crippen molar-refractivity contribution in [2.45, 2.75) is 59.2 Å². The Kier molecular flexibility index (Phi) is 8.27. The molecule has 1 N–H and O–H groups in total. The summed E-state index contributed by atoms with van der Waals surface area (Å²) in [6.45, 7) is 6.24. The molecule has 0 aliphatic carbocycles. The van der Waals surface area contributed by atoms with Gasteiger partial charge in [0, 0.05) is 11.6 Å². The van der Waals surface area contributed by atoms with Crippen molar-refractivity contribution in [1.29, 1.82) is 0 Å². The van der Waals surface area contributed by atoms with Crippen LogP contribution in [0, 0.1) is 0 Å². The van der Waals surface area contributed by atoms with Gasteiger partial charge in [-0.3, -0.25) is 4.79 Å². The monoisotopic (exact) mass is 318 g/mol. The molecule has 1 aliphatic heterocycles. The first-order valence-corrected chi connectivity index (χ1v) is 7.94. The van der Waals surface area contributed by atoms with E-state index in [0.717, 1.165) is 19.1 Å². The molecule has 0 aromatic heterocycles. The van der Waals surface area contributed by atoms with Crippen LogP contribution in [-0.2, 0) is 14.3 Å². The van der Waals surface area contributed by atoms with Gasteiger partial charge < -0.3 is 9.84 Å². The predicted molar refractivity (Wildman–Crippen MR) is 90.6 cm³/mol. The van der Waals surface area contributed by atoms with E-state index < -0.39 is 12.3 Å². The zero-order chi connectivity index (χ0) is 17.2. The maximum atomic E-state index is 11.1. The lowest BCUT2D eigenvalue weighted by molar-refractivity contribution is -0.151. The number of aldehydes is 1. The van der Waals surface area contributed by atoms with Crippen LogP contribution in [-0.4, -0.2) is 23.7 Å². The SMILES string of the molecule is CC(C)=CCC/C(C)=C/C/C(C=O)=C\CCC1=CC(=O)OC1O. The van der Waals surface area contributed by atoms with Gasteiger partial charge in [-0.1, -0.05) is 29.4 Å². The number of hydrogen-bond acceptors (Lipinski definition) is 4. The molecule has 4 nitrogen and oxygen atoms in total. The second-order valence-corrected chi connectivity index (χ2v) is 6.02. The standard InChI is InChI=1S/C19H26O4/c1-14(2)6-4-7-15(3)10-11-16(13-20)8-5-9-17-12-18(21)23-19(17)22/h6,8,10,12-13,19,22H,4-5,7,9,11H2,1-3H3/b15-10+,16-8+. The van der Waals surface area contributed by atoms with Gasteiger partial charge in [0.2, 0.25) is 6.29 Å². The van der Waals surface area contributed by atoms with Gasteiger partial charge in [-0.05, 0) is 58.4 Å². The van der Waals surface area contributed by atoms with Gasteiger partial charge in [0.25, 0.3) is 0 Å². The lowest BCUT2D eigenvalue weighted by Gasteiger charge is -2.05. The lowest BCUT2D eigenvalue weighted by Crippen LogP contribution is -2.09. The summed E-state index contributed by atoms with van der Waals surface area (Å²) in [5.41, 5.74) is 3.86. The van der Waals surface area contributed by atoms with E-state index in [0.29, 0.717) is 30.4 Å². The molecule has 0 radical (unpaired) electrons. The summed E-state index contributed by atoms with van der Waals surface area (Å²) in [4.78, 5) is 22.1. The molecule has 0 amide bonds. The molecule has 0 saturated heterocycles. The van der Waals surface area contributed by atoms with E-state index in [1.165, 1.54) is 17.2 Å². The van der Waals surface area contributed by atoms with E-state index in [1.807, 2.05) is 6.08 Å². The first kappa shape index (κ1) is 19.1. The van der Waals surface area contributed by atoms with Crippen LogP contribution in [0.3, 0.4) is 0 Å². The fraction of sp³-hybridized carbons (Fsp3) is 0.474. The van der Waals surface area contributed by atoms with Gasteiger partial charge in [-0.15, -0.1) is 0 Å². The van der Waals surface area contributed by atoms with Crippen LogP contribution in [0.5, 0.6) is 0 Å². The summed E-state index contributed by atoms with van der Waals surface area (Å²) in [6.07, 6.45) is 10.9. The highest BCUT2D eigenvalue weighted by Crippen LogP contribution is 2.19. The van der Waals surface area contributed by atoms with Gasteiger partial charge in [0.05, 0.1) is 0 Å². The van der Waals surface area contributed by atoms with E-state index in [-0.39, 0.29) is 0 Å². The minimum Gasteiger partial charge on any atom is -0.429 e. The second kappa shape index (κ2) is 9.95. The minimum atomic E-state index is -1.13. The number of esters is 1. The second-order valence-electron chi connectivity index (χ2n) is 6.02. The largest absolute Gasteiger partial charge is 0.429 e. The maximum Gasteiger partial charge on any atom is 0.333 e. The van der Waals surface area contributed by atoms with Crippen molar-refractivity contribution >= 4 is 12.3 Å². The van der Waals surface area contributed by atoms with Gasteiger partial charge in [-0.2, -0.15) is 0 Å². The van der Waals surface area contributed by atoms with Crippen LogP contribution >= 0.6 is 0 Å². The summed E-state index contributed by atoms with van der Waals surface area (Å²) in [5.74, 6) is -0.512. The van der Waals surface area contributed by atoms with Crippen LogP contribution < -0.4 is 0 Å². The van der Waals surface area contributed by atoms with Crippen LogP contribution in [0.1, 0.15) is 52.9 Å². The molecule has 0 spiro atoms. The van der Waals surface area contributed by atoms with Crippen LogP contribution in [0.25, 0.3) is 0 Å². The Hall–Kier alpha value is -1.94. The van der Waals surface area contributed by atoms with Crippen LogP contribution in [0.15, 0.2) is 46.6 Å². The smallest absolute Gasteiger partial charge is 0.333 e. The molecule has 0 aromatic carbocycles. The average Bonchev–Trinajstić information content (AvgIpc) is 2.80. The number of aliphatic hydroxyl groups is 1. The Morgan fingerprint density at radius 3 is 2.52 bits per heavy atom. The topological polar surface area (TPSA) is 63.6 Å². The number of allylic oxidation sites excluding steroid dienone is 6. The minimum absolute atomic E-state index is 0.507. The summed E-state index contributed by atoms with van der Waals surface area (Å²) in [7, 11) is 0. The van der Waals surface area contributed by atoms with Gasteiger partial charge in [0.15, 0.2) is 0 Å². The van der Waals surface area contributed by atoms with Crippen molar-refractivity contribution in [3.8, 4) is 0 Å². The van der Waals surface area contributed by atoms with E-state index in [2.05, 4.69) is 37.7 Å². The molecule has 1 rings (SSSR count). The molecule has 4 heteroatoms. The normalized spacial score (nSPS) is 18.5. The molecule has 0 fully saturated rings. The number of ether oxygens (including phenoxy) is 1. The summed E-state index contributed by atoms with van der Waals surface area (Å²) < 4.78 is 4.61. The Bertz CT molecular complexity index is 546. The van der Waals surface area contributed by atoms with Crippen molar-refractivity contribution in [3.63, 3.8) is 0 Å². The lowest BCUT2D eigenvalue weighted by atomic mass is 10.0. The summed E-state index contributed by atoms with van der Waals surface area (Å²) in [6, 6.07) is 0. The predicted octanol–water partition coefficient (Wildman–Crippen LogP) is 3.78. The summed E-state index contributed by atoms with van der Waals surface area (Å²) in [5, 5.41) is 9.46. The van der Waals surface area contributed by atoms with Crippen molar-refractivity contribution in [1.82, 2.24) is 0 Å². The first-order valence-electron chi connectivity index (χ1n) is 7.94. The average molecular weight is 318 g/mol. The maximum absolute atomic E-state index is 11.1. The van der Waals surface area contributed by atoms with Crippen LogP contribution in [0.2, 0.25) is 0 Å². The Labute approximate surface area is 138 Å². The third-order valence-electron chi connectivity index (χ3n) is 3.62. The summed E-state index contributed by atoms with van der Waals surface area (Å²) >= 11 is 0. The molecule has 0 saturated carbocycles. The van der Waals surface area contributed by atoms with Crippen molar-refractivity contribution in [3.05, 3.63) is 46.6 Å². The molecule has 1 heterocycles. The van der Waals surface area contributed by atoms with Gasteiger partial charge >= 0.3 is 5.97 Å². The zero-order valence-corrected chi connectivity index (χ0v) is 14.2. The molecular formula is C19H26O4. The Morgan fingerprint density at radius 1 is 1.22 bits per heavy atom. The van der Waals surface area contributed by atoms with Crippen molar-refractivity contribution in [2.24, 2.45) is 0 Å². The number of aliphatic hydroxyl groups excluding tert-OH is 1. The molecule has 126 valence electrons. The molecule has 1 aliphatic rings. The van der Waals surface area contributed by atoms with Crippen LogP contribution in [0.4, 0.5) is 0 Å². The van der Waals surface area contributed by atoms with E-state index in [4.69, 9.17) is 0 Å². The first-order chi connectivity index (χ1) is 10.9. The number of rotatable bonds is 9. The third-order valence-corrected chi connectivity index (χ3v) is 3.62. The Balaban J connectivity index is 2.43. The molecule has 0 aromatic rings. The highest BCUT2D eigenvalue weighted by Gasteiger charge is 2.22. The molecule has 1 atom stereocenters. The van der Waals surface area contributed by atoms with E-state index >= 15 is 0 Å². The van der Waals surface area contributed by atoms with Gasteiger partial charge in [-0.25, -0.2) is 4.79 Å². The number of carbonyl (C=O) groups is 2. The number of cyclic esters (lactones) is 1. The van der Waals surface area contributed by atoms with E-state index in [9.17, 15) is 14.7 Å². The molecule has 0 bridgehead atoms. The fourth-order valence-electron chi connectivity index (χ4n) is 2.22. The number of carbonyl (C=O) groups excluding carboxylic acids is 2. The third kappa shape index (κ3) is 7.75. The molecular weight excluding hydrogens is 292 g/mol. The van der Waals surface area contributed by atoms with Crippen molar-refractivity contribution < 1.29 is 19.4 Å². The Morgan fingerprint density at radius 2 is 1.96 bits per heavy atom. The quantitative estimate of drug-likeness (QED) is 0.304. The fourth-order valence-corrected chi connectivity index (χ4v) is 2.22. The zero-order valence-electron chi connectivity index (χ0n) is 14.2. The number of hydrogen-bond donors (Lipinski definition) is 1. The molecule has 23 heavy (non-hydrogen) atoms. The highest BCUT2D eigenvalue weighted by atomic mass is 16.6. The van der Waals surface area contributed by atoms with E-state index in [1.54, 1.807) is 0 Å². The molecule has 1 unspecified atom stereocenters. The van der Waals surface area contributed by atoms with Crippen molar-refractivity contribution in [2.75, 3.05) is 0 Å². The highest BCUT2D eigenvalue weighted by molar-refractivity contribution is 5.85. The van der Waals surface area contributed by atoms with Gasteiger partial charge in [0.1, 0.15) is 6.29 Å².